The summed E-state index contributed by atoms with van der Waals surface area (Å²) in [5.74, 6) is 0. The van der Waals surface area contributed by atoms with Gasteiger partial charge in [-0.3, -0.25) is 9.67 Å². The molecule has 0 amide bonds. The number of nitrogens with zero attached hydrogens (tertiary/aromatic N) is 3. The van der Waals surface area contributed by atoms with Gasteiger partial charge in [-0.1, -0.05) is 0 Å². The number of aromatic nitrogens is 3. The quantitative estimate of drug-likeness (QED) is 0.768. The van der Waals surface area contributed by atoms with Crippen LogP contribution >= 0.6 is 0 Å². The molecule has 0 saturated carbocycles. The zero-order valence-corrected chi connectivity index (χ0v) is 9.28. The van der Waals surface area contributed by atoms with Crippen molar-refractivity contribution < 1.29 is 13.2 Å². The first kappa shape index (κ1) is 11.6. The smallest absolute Gasteiger partial charge is 0.275 e. The minimum atomic E-state index is -4.40. The van der Waals surface area contributed by atoms with Crippen molar-refractivity contribution in [3.05, 3.63) is 35.8 Å². The van der Waals surface area contributed by atoms with E-state index < -0.39 is 11.7 Å². The van der Waals surface area contributed by atoms with Crippen LogP contribution in [0.5, 0.6) is 0 Å². The van der Waals surface area contributed by atoms with Crippen LogP contribution in [0.25, 0.3) is 11.3 Å². The van der Waals surface area contributed by atoms with Crippen LogP contribution in [-0.4, -0.2) is 14.8 Å². The Balaban J connectivity index is 2.67. The van der Waals surface area contributed by atoms with Crippen molar-refractivity contribution >= 4 is 0 Å². The molecule has 2 heterocycles. The zero-order chi connectivity index (χ0) is 12.6. The third kappa shape index (κ3) is 2.15. The third-order valence-corrected chi connectivity index (χ3v) is 2.42. The van der Waals surface area contributed by atoms with Crippen LogP contribution < -0.4 is 0 Å². The van der Waals surface area contributed by atoms with E-state index in [2.05, 4.69) is 10.1 Å². The highest BCUT2D eigenvalue weighted by Gasteiger charge is 2.35. The van der Waals surface area contributed by atoms with Crippen molar-refractivity contribution in [1.82, 2.24) is 14.8 Å². The number of hydrogen-bond acceptors (Lipinski definition) is 2. The summed E-state index contributed by atoms with van der Waals surface area (Å²) in [4.78, 5) is 3.89. The Morgan fingerprint density at radius 1 is 1.24 bits per heavy atom. The normalized spacial score (nSPS) is 11.8. The molecule has 0 N–H and O–H groups in total. The molecule has 0 atom stereocenters. The second kappa shape index (κ2) is 3.87. The van der Waals surface area contributed by atoms with Crippen LogP contribution in [-0.2, 0) is 13.2 Å². The van der Waals surface area contributed by atoms with Crippen LogP contribution in [0.3, 0.4) is 0 Å². The first-order valence-electron chi connectivity index (χ1n) is 4.92. The van der Waals surface area contributed by atoms with E-state index in [4.69, 9.17) is 0 Å². The molecule has 0 saturated heterocycles. The highest BCUT2D eigenvalue weighted by atomic mass is 19.4. The molecule has 2 aromatic heterocycles. The van der Waals surface area contributed by atoms with Crippen molar-refractivity contribution in [2.45, 2.75) is 13.1 Å². The summed E-state index contributed by atoms with van der Waals surface area (Å²) in [5.41, 5.74) is -0.0618. The van der Waals surface area contributed by atoms with Crippen molar-refractivity contribution in [2.75, 3.05) is 0 Å². The van der Waals surface area contributed by atoms with Gasteiger partial charge < -0.3 is 0 Å². The predicted molar refractivity (Wildman–Crippen MR) is 56.2 cm³/mol. The van der Waals surface area contributed by atoms with Crippen LogP contribution in [0.15, 0.2) is 24.5 Å². The van der Waals surface area contributed by atoms with E-state index >= 15 is 0 Å². The van der Waals surface area contributed by atoms with Crippen LogP contribution in [0.2, 0.25) is 0 Å². The van der Waals surface area contributed by atoms with Gasteiger partial charge in [0, 0.05) is 30.7 Å². The van der Waals surface area contributed by atoms with Crippen molar-refractivity contribution in [3.63, 3.8) is 0 Å². The lowest BCUT2D eigenvalue weighted by Gasteiger charge is -2.12. The van der Waals surface area contributed by atoms with Gasteiger partial charge in [-0.15, -0.1) is 0 Å². The Morgan fingerprint density at radius 2 is 1.94 bits per heavy atom. The van der Waals surface area contributed by atoms with Gasteiger partial charge in [0.1, 0.15) is 0 Å². The lowest BCUT2D eigenvalue weighted by molar-refractivity contribution is -0.137. The number of hydrogen-bond donors (Lipinski definition) is 0. The Morgan fingerprint density at radius 3 is 2.47 bits per heavy atom. The van der Waals surface area contributed by atoms with E-state index in [1.807, 2.05) is 0 Å². The topological polar surface area (TPSA) is 30.7 Å². The summed E-state index contributed by atoms with van der Waals surface area (Å²) in [6.07, 6.45) is -1.65. The maximum absolute atomic E-state index is 12.9. The molecule has 0 aromatic carbocycles. The maximum Gasteiger partial charge on any atom is 0.417 e. The highest BCUT2D eigenvalue weighted by molar-refractivity contribution is 5.66. The van der Waals surface area contributed by atoms with Crippen LogP contribution in [0, 0.1) is 6.92 Å². The van der Waals surface area contributed by atoms with Gasteiger partial charge in [0.05, 0.1) is 11.3 Å². The van der Waals surface area contributed by atoms with E-state index in [1.54, 1.807) is 26.2 Å². The number of rotatable bonds is 1. The minimum absolute atomic E-state index is 0.0422. The Labute approximate surface area is 95.9 Å². The molecule has 0 bridgehead atoms. The molecule has 0 aliphatic rings. The summed E-state index contributed by atoms with van der Waals surface area (Å²) < 4.78 is 40.0. The SMILES string of the molecule is Cc1nccc(C(F)(F)F)c1-c1ccn(C)n1. The predicted octanol–water partition coefficient (Wildman–Crippen LogP) is 2.81. The number of pyridine rings is 1. The van der Waals surface area contributed by atoms with Crippen LogP contribution in [0.1, 0.15) is 11.3 Å². The fraction of sp³-hybridized carbons (Fsp3) is 0.273. The average Bonchev–Trinajstić information content (AvgIpc) is 2.63. The van der Waals surface area contributed by atoms with Crippen molar-refractivity contribution in [1.29, 1.82) is 0 Å². The van der Waals surface area contributed by atoms with Crippen LogP contribution in [0.4, 0.5) is 13.2 Å². The number of halogens is 3. The Bertz CT molecular complexity index is 543. The fourth-order valence-corrected chi connectivity index (χ4v) is 1.67. The van der Waals surface area contributed by atoms with Gasteiger partial charge in [-0.25, -0.2) is 0 Å². The highest BCUT2D eigenvalue weighted by Crippen LogP contribution is 2.37. The average molecular weight is 241 g/mol. The van der Waals surface area contributed by atoms with Gasteiger partial charge in [-0.2, -0.15) is 18.3 Å². The Kier molecular flexibility index (Phi) is 2.65. The monoisotopic (exact) mass is 241 g/mol. The summed E-state index contributed by atoms with van der Waals surface area (Å²) >= 11 is 0. The molecule has 0 spiro atoms. The molecule has 90 valence electrons. The summed E-state index contributed by atoms with van der Waals surface area (Å²) in [7, 11) is 1.66. The third-order valence-electron chi connectivity index (χ3n) is 2.42. The second-order valence-corrected chi connectivity index (χ2v) is 3.69. The van der Waals surface area contributed by atoms with E-state index in [-0.39, 0.29) is 11.3 Å². The first-order chi connectivity index (χ1) is 7.89. The van der Waals surface area contributed by atoms with Gasteiger partial charge in [0.25, 0.3) is 0 Å². The van der Waals surface area contributed by atoms with Gasteiger partial charge in [0.2, 0.25) is 0 Å². The Hall–Kier alpha value is -1.85. The summed E-state index contributed by atoms with van der Waals surface area (Å²) in [6.45, 7) is 1.54. The molecule has 0 aliphatic carbocycles. The molecule has 17 heavy (non-hydrogen) atoms. The second-order valence-electron chi connectivity index (χ2n) is 3.69. The lowest BCUT2D eigenvalue weighted by Crippen LogP contribution is -2.09. The summed E-state index contributed by atoms with van der Waals surface area (Å²) in [5, 5.41) is 3.99. The van der Waals surface area contributed by atoms with E-state index in [0.717, 1.165) is 12.3 Å². The molecule has 6 heteroatoms. The molecule has 0 unspecified atom stereocenters. The number of aryl methyl sites for hydroxylation is 2. The molecule has 2 rings (SSSR count). The van der Waals surface area contributed by atoms with Crippen molar-refractivity contribution in [3.8, 4) is 11.3 Å². The molecular formula is C11H10F3N3. The number of alkyl halides is 3. The molecule has 3 nitrogen and oxygen atoms in total. The van der Waals surface area contributed by atoms with E-state index in [9.17, 15) is 13.2 Å². The molecular weight excluding hydrogens is 231 g/mol. The van der Waals surface area contributed by atoms with Gasteiger partial charge in [-0.05, 0) is 19.1 Å². The van der Waals surface area contributed by atoms with E-state index in [1.165, 1.54) is 4.68 Å². The van der Waals surface area contributed by atoms with Gasteiger partial charge >= 0.3 is 6.18 Å². The van der Waals surface area contributed by atoms with E-state index in [0.29, 0.717) is 5.69 Å². The summed E-state index contributed by atoms with van der Waals surface area (Å²) in [6, 6.07) is 2.51. The lowest BCUT2D eigenvalue weighted by atomic mass is 10.0. The zero-order valence-electron chi connectivity index (χ0n) is 9.28. The molecule has 0 radical (unpaired) electrons. The van der Waals surface area contributed by atoms with Gasteiger partial charge in [0.15, 0.2) is 0 Å². The largest absolute Gasteiger partial charge is 0.417 e. The molecule has 2 aromatic rings. The minimum Gasteiger partial charge on any atom is -0.275 e. The maximum atomic E-state index is 12.9. The molecule has 0 aliphatic heterocycles. The molecule has 0 fully saturated rings. The standard InChI is InChI=1S/C11H10F3N3/c1-7-10(9-4-6-17(2)16-9)8(3-5-15-7)11(12,13)14/h3-6H,1-2H3. The fourth-order valence-electron chi connectivity index (χ4n) is 1.67. The first-order valence-corrected chi connectivity index (χ1v) is 4.92. The van der Waals surface area contributed by atoms with Crippen molar-refractivity contribution in [2.24, 2.45) is 7.05 Å².